The molecule has 0 saturated carbocycles. The van der Waals surface area contributed by atoms with E-state index >= 15 is 0 Å². The maximum atomic E-state index is 12.4. The molecule has 0 spiro atoms. The normalized spacial score (nSPS) is 11.3. The van der Waals surface area contributed by atoms with Crippen molar-refractivity contribution in [3.63, 3.8) is 0 Å². The Bertz CT molecular complexity index is 1040. The number of ketones is 1. The first-order valence-corrected chi connectivity index (χ1v) is 9.33. The lowest BCUT2D eigenvalue weighted by molar-refractivity contribution is -0.123. The summed E-state index contributed by atoms with van der Waals surface area (Å²) in [7, 11) is 1.53. The van der Waals surface area contributed by atoms with E-state index < -0.39 is 18.0 Å². The van der Waals surface area contributed by atoms with Crippen molar-refractivity contribution in [2.75, 3.05) is 12.4 Å². The number of esters is 1. The number of methoxy groups -OCH3 is 1. The van der Waals surface area contributed by atoms with Gasteiger partial charge < -0.3 is 14.8 Å². The van der Waals surface area contributed by atoms with Gasteiger partial charge in [-0.15, -0.1) is 0 Å². The van der Waals surface area contributed by atoms with Crippen LogP contribution in [0.1, 0.15) is 33.2 Å². The summed E-state index contributed by atoms with van der Waals surface area (Å²) in [6, 6.07) is 21.9. The molecule has 3 aromatic carbocycles. The molecule has 0 bridgehead atoms. The quantitative estimate of drug-likeness (QED) is 0.474. The van der Waals surface area contributed by atoms with Gasteiger partial charge in [0.05, 0.1) is 12.7 Å². The molecule has 0 aliphatic rings. The lowest BCUT2D eigenvalue weighted by Crippen LogP contribution is -2.30. The van der Waals surface area contributed by atoms with Gasteiger partial charge in [0.25, 0.3) is 5.91 Å². The van der Waals surface area contributed by atoms with Gasteiger partial charge in [-0.3, -0.25) is 9.59 Å². The van der Waals surface area contributed by atoms with Gasteiger partial charge in [-0.2, -0.15) is 0 Å². The number of hydrogen-bond donors (Lipinski definition) is 1. The number of hydrogen-bond acceptors (Lipinski definition) is 5. The fourth-order valence-corrected chi connectivity index (χ4v) is 2.74. The molecule has 6 nitrogen and oxygen atoms in total. The second kappa shape index (κ2) is 9.52. The summed E-state index contributed by atoms with van der Waals surface area (Å²) in [5.74, 6) is -0.654. The Morgan fingerprint density at radius 3 is 2.10 bits per heavy atom. The zero-order valence-corrected chi connectivity index (χ0v) is 16.6. The third-order valence-electron chi connectivity index (χ3n) is 4.41. The molecule has 0 fully saturated rings. The fourth-order valence-electron chi connectivity index (χ4n) is 2.74. The van der Waals surface area contributed by atoms with Gasteiger partial charge in [0.1, 0.15) is 5.75 Å². The van der Waals surface area contributed by atoms with Crippen LogP contribution in [0, 0.1) is 0 Å². The number of carbonyl (C=O) groups excluding carboxylic acids is 3. The SMILES string of the molecule is COc1cccc(NC(=O)[C@@H](C)OC(=O)c2ccc(C(=O)c3ccccc3)cc2)c1. The zero-order valence-electron chi connectivity index (χ0n) is 16.6. The van der Waals surface area contributed by atoms with Crippen LogP contribution in [0.3, 0.4) is 0 Å². The highest BCUT2D eigenvalue weighted by molar-refractivity contribution is 6.09. The first kappa shape index (κ1) is 20.8. The van der Waals surface area contributed by atoms with Gasteiger partial charge in [0.2, 0.25) is 0 Å². The summed E-state index contributed by atoms with van der Waals surface area (Å²) >= 11 is 0. The molecule has 3 aromatic rings. The Morgan fingerprint density at radius 1 is 0.800 bits per heavy atom. The van der Waals surface area contributed by atoms with Crippen LogP contribution < -0.4 is 10.1 Å². The summed E-state index contributed by atoms with van der Waals surface area (Å²) in [6.45, 7) is 1.49. The highest BCUT2D eigenvalue weighted by Gasteiger charge is 2.19. The predicted octanol–water partition coefficient (Wildman–Crippen LogP) is 4.11. The summed E-state index contributed by atoms with van der Waals surface area (Å²) in [5.41, 5.74) is 1.81. The third kappa shape index (κ3) is 5.11. The van der Waals surface area contributed by atoms with E-state index in [9.17, 15) is 14.4 Å². The molecule has 152 valence electrons. The molecule has 3 rings (SSSR count). The fraction of sp³-hybridized carbons (Fsp3) is 0.125. The third-order valence-corrected chi connectivity index (χ3v) is 4.41. The van der Waals surface area contributed by atoms with E-state index in [4.69, 9.17) is 9.47 Å². The molecule has 1 amide bonds. The van der Waals surface area contributed by atoms with Crippen molar-refractivity contribution in [1.29, 1.82) is 0 Å². The highest BCUT2D eigenvalue weighted by atomic mass is 16.5. The van der Waals surface area contributed by atoms with Crippen molar-refractivity contribution in [2.24, 2.45) is 0 Å². The van der Waals surface area contributed by atoms with E-state index in [-0.39, 0.29) is 11.3 Å². The summed E-state index contributed by atoms with van der Waals surface area (Å²) in [4.78, 5) is 37.1. The van der Waals surface area contributed by atoms with Crippen LogP contribution in [-0.2, 0) is 9.53 Å². The lowest BCUT2D eigenvalue weighted by Gasteiger charge is -2.14. The first-order chi connectivity index (χ1) is 14.5. The molecule has 0 unspecified atom stereocenters. The molecule has 1 N–H and O–H groups in total. The molecule has 1 atom stereocenters. The van der Waals surface area contributed by atoms with Crippen molar-refractivity contribution in [1.82, 2.24) is 0 Å². The van der Waals surface area contributed by atoms with Crippen LogP contribution in [0.25, 0.3) is 0 Å². The summed E-state index contributed by atoms with van der Waals surface area (Å²) in [6.07, 6.45) is -1.01. The average Bonchev–Trinajstić information content (AvgIpc) is 2.79. The van der Waals surface area contributed by atoms with Crippen LogP contribution in [0.4, 0.5) is 5.69 Å². The second-order valence-corrected chi connectivity index (χ2v) is 6.54. The first-order valence-electron chi connectivity index (χ1n) is 9.33. The Hall–Kier alpha value is -3.93. The number of nitrogens with one attached hydrogen (secondary N) is 1. The van der Waals surface area contributed by atoms with Crippen molar-refractivity contribution < 1.29 is 23.9 Å². The van der Waals surface area contributed by atoms with Crippen LogP contribution in [0.5, 0.6) is 5.75 Å². The molecule has 0 heterocycles. The van der Waals surface area contributed by atoms with Crippen LogP contribution >= 0.6 is 0 Å². The maximum Gasteiger partial charge on any atom is 0.338 e. The number of rotatable bonds is 7. The molecule has 0 saturated heterocycles. The van der Waals surface area contributed by atoms with E-state index in [2.05, 4.69) is 5.32 Å². The Morgan fingerprint density at radius 2 is 1.43 bits per heavy atom. The summed E-state index contributed by atoms with van der Waals surface area (Å²) in [5, 5.41) is 2.67. The molecular formula is C24H21NO5. The Labute approximate surface area is 174 Å². The smallest absolute Gasteiger partial charge is 0.338 e. The number of amides is 1. The maximum absolute atomic E-state index is 12.4. The van der Waals surface area contributed by atoms with E-state index in [0.29, 0.717) is 22.6 Å². The molecule has 6 heteroatoms. The topological polar surface area (TPSA) is 81.7 Å². The number of benzene rings is 3. The van der Waals surface area contributed by atoms with Gasteiger partial charge in [-0.1, -0.05) is 48.5 Å². The van der Waals surface area contributed by atoms with Gasteiger partial charge in [-0.05, 0) is 31.2 Å². The molecule has 0 aliphatic carbocycles. The van der Waals surface area contributed by atoms with Crippen LogP contribution in [-0.4, -0.2) is 30.9 Å². The standard InChI is InChI=1S/C24H21NO5/c1-16(23(27)25-20-9-6-10-21(15-20)29-2)30-24(28)19-13-11-18(12-14-19)22(26)17-7-4-3-5-8-17/h3-16H,1-2H3,(H,25,27)/t16-/m1/s1. The van der Waals surface area contributed by atoms with Gasteiger partial charge in [0, 0.05) is 22.9 Å². The number of anilines is 1. The predicted molar refractivity (Wildman–Crippen MR) is 113 cm³/mol. The molecule has 0 aromatic heterocycles. The van der Waals surface area contributed by atoms with Crippen molar-refractivity contribution >= 4 is 23.3 Å². The van der Waals surface area contributed by atoms with Gasteiger partial charge in [0.15, 0.2) is 11.9 Å². The van der Waals surface area contributed by atoms with E-state index in [0.717, 1.165) is 0 Å². The van der Waals surface area contributed by atoms with Crippen molar-refractivity contribution in [2.45, 2.75) is 13.0 Å². The van der Waals surface area contributed by atoms with E-state index in [1.54, 1.807) is 60.7 Å². The zero-order chi connectivity index (χ0) is 21.5. The average molecular weight is 403 g/mol. The molecule has 0 radical (unpaired) electrons. The van der Waals surface area contributed by atoms with Crippen LogP contribution in [0.2, 0.25) is 0 Å². The van der Waals surface area contributed by atoms with Gasteiger partial charge in [-0.25, -0.2) is 4.79 Å². The molecular weight excluding hydrogens is 382 g/mol. The van der Waals surface area contributed by atoms with Gasteiger partial charge >= 0.3 is 5.97 Å². The van der Waals surface area contributed by atoms with Crippen molar-refractivity contribution in [3.8, 4) is 5.75 Å². The Kier molecular flexibility index (Phi) is 6.60. The van der Waals surface area contributed by atoms with E-state index in [1.807, 2.05) is 6.07 Å². The molecule has 0 aliphatic heterocycles. The van der Waals surface area contributed by atoms with Crippen molar-refractivity contribution in [3.05, 3.63) is 95.6 Å². The summed E-state index contributed by atoms with van der Waals surface area (Å²) < 4.78 is 10.4. The van der Waals surface area contributed by atoms with Crippen LogP contribution in [0.15, 0.2) is 78.9 Å². The minimum absolute atomic E-state index is 0.137. The Balaban J connectivity index is 1.60. The van der Waals surface area contributed by atoms with E-state index in [1.165, 1.54) is 26.2 Å². The second-order valence-electron chi connectivity index (χ2n) is 6.54. The monoisotopic (exact) mass is 403 g/mol. The number of carbonyl (C=O) groups is 3. The molecule has 30 heavy (non-hydrogen) atoms. The lowest BCUT2D eigenvalue weighted by atomic mass is 10.0. The minimum atomic E-state index is -1.01. The minimum Gasteiger partial charge on any atom is -0.497 e. The highest BCUT2D eigenvalue weighted by Crippen LogP contribution is 2.17. The number of ether oxygens (including phenoxy) is 2. The largest absolute Gasteiger partial charge is 0.497 e.